The van der Waals surface area contributed by atoms with E-state index in [0.29, 0.717) is 103 Å². The smallest absolute Gasteiger partial charge is 0.377 e. The van der Waals surface area contributed by atoms with Crippen molar-refractivity contribution in [2.45, 2.75) is 88.4 Å². The van der Waals surface area contributed by atoms with E-state index in [4.69, 9.17) is 18.9 Å². The second kappa shape index (κ2) is 25.5. The molecule has 23 heteroatoms. The zero-order chi connectivity index (χ0) is 51.2. The van der Waals surface area contributed by atoms with Crippen LogP contribution in [0.4, 0.5) is 24.8 Å². The largest absolute Gasteiger partial charge is 0.416 e. The van der Waals surface area contributed by atoms with Crippen molar-refractivity contribution in [3.63, 3.8) is 0 Å². The van der Waals surface area contributed by atoms with Crippen LogP contribution in [0.15, 0.2) is 61.4 Å². The van der Waals surface area contributed by atoms with E-state index in [1.165, 1.54) is 18.7 Å². The number of halogens is 3. The summed E-state index contributed by atoms with van der Waals surface area (Å²) < 4.78 is 63.2. The lowest BCUT2D eigenvalue weighted by Gasteiger charge is -2.44. The van der Waals surface area contributed by atoms with E-state index in [-0.39, 0.29) is 65.2 Å². The molecule has 7 rings (SSSR count). The average molecular weight is 1010 g/mol. The molecule has 4 N–H and O–H groups in total. The first-order valence-corrected chi connectivity index (χ1v) is 24.4. The first-order valence-electron chi connectivity index (χ1n) is 24.4. The van der Waals surface area contributed by atoms with Gasteiger partial charge in [0.25, 0.3) is 5.91 Å². The highest BCUT2D eigenvalue weighted by Crippen LogP contribution is 2.37. The van der Waals surface area contributed by atoms with Crippen LogP contribution < -0.4 is 21.3 Å². The van der Waals surface area contributed by atoms with Gasteiger partial charge in [0.2, 0.25) is 17.7 Å². The van der Waals surface area contributed by atoms with Crippen LogP contribution in [-0.2, 0) is 39.5 Å². The van der Waals surface area contributed by atoms with Gasteiger partial charge < -0.3 is 54.9 Å². The molecule has 5 heterocycles. The van der Waals surface area contributed by atoms with Crippen molar-refractivity contribution >= 4 is 46.2 Å². The summed E-state index contributed by atoms with van der Waals surface area (Å²) in [7, 11) is 3.75. The van der Waals surface area contributed by atoms with Gasteiger partial charge in [-0.05, 0) is 76.4 Å². The van der Waals surface area contributed by atoms with Gasteiger partial charge in [0.05, 0.1) is 88.0 Å². The van der Waals surface area contributed by atoms with E-state index in [2.05, 4.69) is 72.0 Å². The summed E-state index contributed by atoms with van der Waals surface area (Å²) in [6.07, 6.45) is 3.91. The summed E-state index contributed by atoms with van der Waals surface area (Å²) in [4.78, 5) is 79.8. The third-order valence-corrected chi connectivity index (χ3v) is 13.5. The number of nitrogens with zero attached hydrogens (tertiary/aromatic N) is 8. The zero-order valence-electron chi connectivity index (χ0n) is 41.1. The van der Waals surface area contributed by atoms with Crippen molar-refractivity contribution in [3.05, 3.63) is 78.3 Å². The fourth-order valence-electron chi connectivity index (χ4n) is 9.45. The summed E-state index contributed by atoms with van der Waals surface area (Å²) >= 11 is 0. The predicted octanol–water partition coefficient (Wildman–Crippen LogP) is 3.72. The maximum Gasteiger partial charge on any atom is 0.416 e. The number of alkyl halides is 3. The first kappa shape index (κ1) is 53.7. The monoisotopic (exact) mass is 1010 g/mol. The highest BCUT2D eigenvalue weighted by atomic mass is 19.4. The number of aromatic nitrogens is 5. The number of benzene rings is 1. The SMILES string of the molecule is CC(C)N(C)[C@@H]1CC[C@H](N2CC[C@H](Nc3ncnc4ccc(C(F)(F)F)cc34)C2=O)[C@H](NC(=O)c2cc(NCCOCCOCCOCCOCCNC(=O)[C@H]3CC(=O)N(C)[C@@H]3c3cccnc3)ncn2)C1. The molecule has 0 spiro atoms. The number of carbonyl (C=O) groups excluding carboxylic acids is 4. The summed E-state index contributed by atoms with van der Waals surface area (Å²) in [5, 5.41) is 12.5. The van der Waals surface area contributed by atoms with E-state index >= 15 is 0 Å². The van der Waals surface area contributed by atoms with E-state index in [1.807, 2.05) is 6.07 Å². The minimum absolute atomic E-state index is 0.0818. The fourth-order valence-corrected chi connectivity index (χ4v) is 9.45. The Labute approximate surface area is 416 Å². The Hall–Kier alpha value is -6.14. The third-order valence-electron chi connectivity index (χ3n) is 13.5. The fraction of sp³-hybridized carbons (Fsp3) is 0.571. The number of ether oxygens (including phenoxy) is 4. The van der Waals surface area contributed by atoms with Crippen LogP contribution in [0, 0.1) is 5.92 Å². The molecule has 3 aromatic heterocycles. The van der Waals surface area contributed by atoms with Gasteiger partial charge in [-0.15, -0.1) is 0 Å². The van der Waals surface area contributed by atoms with Crippen LogP contribution in [0.2, 0.25) is 0 Å². The van der Waals surface area contributed by atoms with Gasteiger partial charge in [0, 0.05) is 69.0 Å². The average Bonchev–Trinajstić information content (AvgIpc) is 3.89. The normalized spacial score (nSPS) is 21.5. The van der Waals surface area contributed by atoms with Gasteiger partial charge in [-0.3, -0.25) is 24.2 Å². The molecule has 2 saturated heterocycles. The molecule has 20 nitrogen and oxygen atoms in total. The van der Waals surface area contributed by atoms with Crippen molar-refractivity contribution in [2.24, 2.45) is 5.92 Å². The third kappa shape index (κ3) is 14.1. The van der Waals surface area contributed by atoms with Gasteiger partial charge in [0.1, 0.15) is 36.0 Å². The zero-order valence-corrected chi connectivity index (χ0v) is 41.1. The van der Waals surface area contributed by atoms with Crippen LogP contribution in [0.25, 0.3) is 10.9 Å². The number of fused-ring (bicyclic) bond motifs is 1. The molecule has 4 amide bonds. The van der Waals surface area contributed by atoms with Crippen molar-refractivity contribution in [1.82, 2.24) is 50.3 Å². The van der Waals surface area contributed by atoms with Gasteiger partial charge in [-0.25, -0.2) is 19.9 Å². The number of nitrogens with one attached hydrogen (secondary N) is 4. The Balaban J connectivity index is 0.780. The lowest BCUT2D eigenvalue weighted by Crippen LogP contribution is -2.58. The molecule has 6 atom stereocenters. The van der Waals surface area contributed by atoms with Gasteiger partial charge in [-0.2, -0.15) is 13.2 Å². The van der Waals surface area contributed by atoms with Gasteiger partial charge in [-0.1, -0.05) is 6.07 Å². The summed E-state index contributed by atoms with van der Waals surface area (Å²) in [6.45, 7) is 8.15. The van der Waals surface area contributed by atoms with Crippen molar-refractivity contribution in [1.29, 1.82) is 0 Å². The van der Waals surface area contributed by atoms with E-state index in [1.54, 1.807) is 41.4 Å². The van der Waals surface area contributed by atoms with E-state index in [9.17, 15) is 32.3 Å². The van der Waals surface area contributed by atoms with Gasteiger partial charge >= 0.3 is 6.18 Å². The topological polar surface area (TPSA) is 227 Å². The molecule has 1 aliphatic carbocycles. The molecule has 72 heavy (non-hydrogen) atoms. The second-order valence-electron chi connectivity index (χ2n) is 18.3. The quantitative estimate of drug-likeness (QED) is 0.0694. The highest BCUT2D eigenvalue weighted by molar-refractivity contribution is 5.95. The maximum atomic E-state index is 14.1. The molecule has 3 aliphatic rings. The molecule has 0 unspecified atom stereocenters. The number of carbonyl (C=O) groups is 4. The Morgan fingerprint density at radius 1 is 0.875 bits per heavy atom. The predicted molar refractivity (Wildman–Crippen MR) is 259 cm³/mol. The number of pyridine rings is 1. The van der Waals surface area contributed by atoms with Crippen LogP contribution in [0.3, 0.4) is 0 Å². The molecule has 4 aromatic rings. The first-order chi connectivity index (χ1) is 34.7. The van der Waals surface area contributed by atoms with Crippen LogP contribution >= 0.6 is 0 Å². The van der Waals surface area contributed by atoms with Crippen molar-refractivity contribution < 1.29 is 51.3 Å². The van der Waals surface area contributed by atoms with E-state index < -0.39 is 35.6 Å². The molecule has 2 aliphatic heterocycles. The molecular formula is C49H65F3N12O8. The van der Waals surface area contributed by atoms with Crippen LogP contribution in [0.5, 0.6) is 0 Å². The molecule has 0 radical (unpaired) electrons. The molecule has 390 valence electrons. The summed E-state index contributed by atoms with van der Waals surface area (Å²) in [5.74, 6) is -0.820. The van der Waals surface area contributed by atoms with Gasteiger partial charge in [0.15, 0.2) is 0 Å². The second-order valence-corrected chi connectivity index (χ2v) is 18.3. The Kier molecular flexibility index (Phi) is 19.0. The lowest BCUT2D eigenvalue weighted by atomic mass is 9.84. The number of anilines is 2. The summed E-state index contributed by atoms with van der Waals surface area (Å²) in [6, 6.07) is 7.04. The molecule has 1 aromatic carbocycles. The Morgan fingerprint density at radius 2 is 1.58 bits per heavy atom. The van der Waals surface area contributed by atoms with E-state index in [0.717, 1.165) is 24.1 Å². The summed E-state index contributed by atoms with van der Waals surface area (Å²) in [5.41, 5.74) is 0.460. The van der Waals surface area contributed by atoms with Crippen LogP contribution in [0.1, 0.15) is 73.6 Å². The minimum atomic E-state index is -4.56. The number of hydrogen-bond acceptors (Lipinski definition) is 16. The Morgan fingerprint density at radius 3 is 2.28 bits per heavy atom. The standard InChI is InChI=1S/C49H65F3N12O8/c1-31(2)62(3)34-8-10-41(64-15-11-38(48(64)68)60-45-35-24-33(49(50,51)52)7-9-37(35)56-30-59-45)39(25-34)61-47(67)40-27-42(58-29-57-40)54-13-16-69-18-20-71-22-23-72-21-19-70-17-14-55-46(66)36-26-43(65)63(4)44(36)32-6-5-12-53-28-32/h5-7,9,12,24,27-31,34,36,38-39,41,44H,8,10-11,13-23,25-26H2,1-4H3,(H,55,66)(H,61,67)(H,54,57,58)(H,56,59,60)/t34-,36+,38+,39-,41+,44-/m1/s1. The number of amides is 4. The minimum Gasteiger partial charge on any atom is -0.377 e. The molecule has 0 bridgehead atoms. The maximum absolute atomic E-state index is 14.1. The van der Waals surface area contributed by atoms with Crippen molar-refractivity contribution in [3.8, 4) is 0 Å². The highest BCUT2D eigenvalue weighted by Gasteiger charge is 2.45. The van der Waals surface area contributed by atoms with Crippen molar-refractivity contribution in [2.75, 3.05) is 97.2 Å². The molecular weight excluding hydrogens is 942 g/mol. The number of hydrogen-bond donors (Lipinski definition) is 4. The Bertz CT molecular complexity index is 2440. The number of likely N-dealkylation sites (tertiary alicyclic amines) is 2. The molecule has 1 saturated carbocycles. The molecule has 3 fully saturated rings. The van der Waals surface area contributed by atoms with Crippen LogP contribution in [-0.4, -0.2) is 180 Å². The lowest BCUT2D eigenvalue weighted by molar-refractivity contribution is -0.137. The number of rotatable bonds is 25.